The van der Waals surface area contributed by atoms with Crippen LogP contribution in [0, 0.1) is 0 Å². The van der Waals surface area contributed by atoms with Crippen molar-refractivity contribution in [3.63, 3.8) is 0 Å². The molecule has 0 aliphatic carbocycles. The average molecular weight is 244 g/mol. The highest BCUT2D eigenvalue weighted by atomic mass is 35.5. The molecule has 15 heavy (non-hydrogen) atoms. The van der Waals surface area contributed by atoms with Gasteiger partial charge in [0.1, 0.15) is 0 Å². The van der Waals surface area contributed by atoms with Crippen molar-refractivity contribution in [2.45, 2.75) is 13.3 Å². The molecule has 3 heteroatoms. The lowest BCUT2D eigenvalue weighted by molar-refractivity contribution is 0.851. The summed E-state index contributed by atoms with van der Waals surface area (Å²) in [6, 6.07) is 5.56. The molecular weight excluding hydrogens is 229 g/mol. The average Bonchev–Trinajstić information content (AvgIpc) is 2.22. The number of nitrogens with one attached hydrogen (secondary N) is 1. The normalized spacial score (nSPS) is 11.9. The van der Waals surface area contributed by atoms with Crippen LogP contribution in [0.25, 0.3) is 6.08 Å². The molecule has 0 amide bonds. The highest BCUT2D eigenvalue weighted by Crippen LogP contribution is 2.26. The minimum Gasteiger partial charge on any atom is -0.316 e. The van der Waals surface area contributed by atoms with Gasteiger partial charge in [-0.3, -0.25) is 0 Å². The molecule has 0 radical (unpaired) electrons. The summed E-state index contributed by atoms with van der Waals surface area (Å²) in [5.41, 5.74) is 2.19. The van der Waals surface area contributed by atoms with Crippen LogP contribution in [0.1, 0.15) is 18.9 Å². The Morgan fingerprint density at radius 2 is 1.93 bits per heavy atom. The molecule has 0 fully saturated rings. The fourth-order valence-corrected chi connectivity index (χ4v) is 1.86. The van der Waals surface area contributed by atoms with Crippen LogP contribution in [0.15, 0.2) is 23.8 Å². The molecule has 1 nitrogen and oxygen atoms in total. The van der Waals surface area contributed by atoms with E-state index >= 15 is 0 Å². The first kappa shape index (κ1) is 12.6. The summed E-state index contributed by atoms with van der Waals surface area (Å²) in [5, 5.41) is 4.52. The molecule has 0 atom stereocenters. The molecular formula is C12H15Cl2N. The van der Waals surface area contributed by atoms with E-state index in [-0.39, 0.29) is 0 Å². The zero-order valence-electron chi connectivity index (χ0n) is 8.98. The number of halogens is 2. The summed E-state index contributed by atoms with van der Waals surface area (Å²) in [6.45, 7) is 2.98. The first-order chi connectivity index (χ1) is 7.19. The molecule has 1 rings (SSSR count). The van der Waals surface area contributed by atoms with Gasteiger partial charge >= 0.3 is 0 Å². The van der Waals surface area contributed by atoms with Gasteiger partial charge in [0, 0.05) is 22.2 Å². The van der Waals surface area contributed by atoms with Gasteiger partial charge in [-0.2, -0.15) is 0 Å². The molecule has 0 spiro atoms. The number of likely N-dealkylation sites (N-methyl/N-ethyl adjacent to an activating group) is 1. The zero-order valence-corrected chi connectivity index (χ0v) is 10.5. The molecule has 0 saturated carbocycles. The van der Waals surface area contributed by atoms with Crippen LogP contribution in [-0.4, -0.2) is 13.6 Å². The van der Waals surface area contributed by atoms with Gasteiger partial charge < -0.3 is 5.32 Å². The van der Waals surface area contributed by atoms with Crippen LogP contribution in [0.4, 0.5) is 0 Å². The topological polar surface area (TPSA) is 12.0 Å². The largest absolute Gasteiger partial charge is 0.316 e. The summed E-state index contributed by atoms with van der Waals surface area (Å²) in [7, 11) is 1.93. The maximum atomic E-state index is 6.08. The zero-order chi connectivity index (χ0) is 11.3. The van der Waals surface area contributed by atoms with Gasteiger partial charge in [0.2, 0.25) is 0 Å². The number of hydrogen-bond donors (Lipinski definition) is 1. The highest BCUT2D eigenvalue weighted by Gasteiger charge is 2.03. The fourth-order valence-electron chi connectivity index (χ4n) is 1.36. The molecule has 1 aromatic rings. The molecule has 0 unspecified atom stereocenters. The van der Waals surface area contributed by atoms with Crippen LogP contribution in [-0.2, 0) is 0 Å². The van der Waals surface area contributed by atoms with E-state index in [9.17, 15) is 0 Å². The molecule has 0 aromatic heterocycles. The summed E-state index contributed by atoms with van der Waals surface area (Å²) < 4.78 is 0. The first-order valence-electron chi connectivity index (χ1n) is 4.97. The fraction of sp³-hybridized carbons (Fsp3) is 0.333. The molecule has 0 bridgehead atoms. The van der Waals surface area contributed by atoms with E-state index < -0.39 is 0 Å². The minimum atomic E-state index is 0.699. The van der Waals surface area contributed by atoms with Crippen LogP contribution in [0.2, 0.25) is 10.0 Å². The van der Waals surface area contributed by atoms with Gasteiger partial charge in [-0.1, -0.05) is 47.8 Å². The Labute approximate surface area is 101 Å². The van der Waals surface area contributed by atoms with Crippen LogP contribution in [0.3, 0.4) is 0 Å². The molecule has 0 aliphatic heterocycles. The van der Waals surface area contributed by atoms with E-state index in [2.05, 4.69) is 18.3 Å². The van der Waals surface area contributed by atoms with E-state index in [0.717, 1.165) is 18.5 Å². The Hall–Kier alpha value is -0.500. The van der Waals surface area contributed by atoms with E-state index in [1.807, 2.05) is 25.2 Å². The molecule has 0 heterocycles. The van der Waals surface area contributed by atoms with Crippen LogP contribution >= 0.6 is 23.2 Å². The van der Waals surface area contributed by atoms with Crippen molar-refractivity contribution in [1.82, 2.24) is 5.32 Å². The Morgan fingerprint density at radius 1 is 1.33 bits per heavy atom. The number of hydrogen-bond acceptors (Lipinski definition) is 1. The second-order valence-electron chi connectivity index (χ2n) is 3.32. The van der Waals surface area contributed by atoms with Gasteiger partial charge in [-0.05, 0) is 25.6 Å². The van der Waals surface area contributed by atoms with Crippen molar-refractivity contribution in [2.75, 3.05) is 13.6 Å². The lowest BCUT2D eigenvalue weighted by atomic mass is 10.1. The Balaban J connectivity index is 3.04. The first-order valence-corrected chi connectivity index (χ1v) is 5.72. The molecule has 82 valence electrons. The Morgan fingerprint density at radius 3 is 2.40 bits per heavy atom. The lowest BCUT2D eigenvalue weighted by Gasteiger charge is -2.06. The second-order valence-corrected chi connectivity index (χ2v) is 4.14. The standard InChI is InChI=1S/C12H15Cl2N/c1-3-9(8-15-2)7-10-11(13)5-4-6-12(10)14/h4-7,15H,3,8H2,1-2H3. The van der Waals surface area contributed by atoms with Gasteiger partial charge in [0.15, 0.2) is 0 Å². The number of rotatable bonds is 4. The number of benzene rings is 1. The lowest BCUT2D eigenvalue weighted by Crippen LogP contribution is -2.09. The highest BCUT2D eigenvalue weighted by molar-refractivity contribution is 6.37. The van der Waals surface area contributed by atoms with Gasteiger partial charge in [-0.15, -0.1) is 0 Å². The van der Waals surface area contributed by atoms with Crippen LogP contribution < -0.4 is 5.32 Å². The van der Waals surface area contributed by atoms with Crippen molar-refractivity contribution < 1.29 is 0 Å². The third kappa shape index (κ3) is 3.53. The van der Waals surface area contributed by atoms with Crippen molar-refractivity contribution >= 4 is 29.3 Å². The second kappa shape index (κ2) is 6.16. The van der Waals surface area contributed by atoms with Crippen molar-refractivity contribution in [3.8, 4) is 0 Å². The monoisotopic (exact) mass is 243 g/mol. The smallest absolute Gasteiger partial charge is 0.0493 e. The summed E-state index contributed by atoms with van der Waals surface area (Å²) in [6.07, 6.45) is 3.05. The Kier molecular flexibility index (Phi) is 5.16. The molecule has 1 N–H and O–H groups in total. The van der Waals surface area contributed by atoms with Gasteiger partial charge in [-0.25, -0.2) is 0 Å². The van der Waals surface area contributed by atoms with Gasteiger partial charge in [0.05, 0.1) is 0 Å². The van der Waals surface area contributed by atoms with E-state index in [4.69, 9.17) is 23.2 Å². The van der Waals surface area contributed by atoms with E-state index in [1.54, 1.807) is 0 Å². The van der Waals surface area contributed by atoms with E-state index in [0.29, 0.717) is 10.0 Å². The van der Waals surface area contributed by atoms with Crippen molar-refractivity contribution in [1.29, 1.82) is 0 Å². The third-order valence-electron chi connectivity index (χ3n) is 2.21. The summed E-state index contributed by atoms with van der Waals surface area (Å²) in [4.78, 5) is 0. The Bertz CT molecular complexity index is 338. The molecule has 0 saturated heterocycles. The third-order valence-corrected chi connectivity index (χ3v) is 2.87. The maximum Gasteiger partial charge on any atom is 0.0493 e. The van der Waals surface area contributed by atoms with E-state index in [1.165, 1.54) is 5.57 Å². The predicted molar refractivity (Wildman–Crippen MR) is 68.7 cm³/mol. The van der Waals surface area contributed by atoms with Crippen LogP contribution in [0.5, 0.6) is 0 Å². The summed E-state index contributed by atoms with van der Waals surface area (Å²) >= 11 is 12.2. The SMILES string of the molecule is CCC(=Cc1c(Cl)cccc1Cl)CNC. The predicted octanol–water partition coefficient (Wildman–Crippen LogP) is 4.01. The van der Waals surface area contributed by atoms with Gasteiger partial charge in [0.25, 0.3) is 0 Å². The quantitative estimate of drug-likeness (QED) is 0.843. The molecule has 0 aliphatic rings. The minimum absolute atomic E-state index is 0.699. The molecule has 1 aromatic carbocycles. The van der Waals surface area contributed by atoms with Crippen molar-refractivity contribution in [2.24, 2.45) is 0 Å². The summed E-state index contributed by atoms with van der Waals surface area (Å²) in [5.74, 6) is 0. The van der Waals surface area contributed by atoms with Crippen molar-refractivity contribution in [3.05, 3.63) is 39.4 Å². The maximum absolute atomic E-state index is 6.08.